The highest BCUT2D eigenvalue weighted by molar-refractivity contribution is 9.10. The molecule has 1 amide bonds. The van der Waals surface area contributed by atoms with Gasteiger partial charge in [0.15, 0.2) is 0 Å². The number of halogens is 1. The highest BCUT2D eigenvalue weighted by Gasteiger charge is 2.43. The van der Waals surface area contributed by atoms with E-state index in [2.05, 4.69) is 38.4 Å². The molecule has 136 valence electrons. The van der Waals surface area contributed by atoms with E-state index in [9.17, 15) is 4.79 Å². The van der Waals surface area contributed by atoms with Crippen molar-refractivity contribution < 1.29 is 9.53 Å². The highest BCUT2D eigenvalue weighted by Crippen LogP contribution is 2.47. The summed E-state index contributed by atoms with van der Waals surface area (Å²) >= 11 is 3.44. The summed E-state index contributed by atoms with van der Waals surface area (Å²) in [5, 5.41) is 3.04. The molecule has 0 aliphatic heterocycles. The van der Waals surface area contributed by atoms with E-state index < -0.39 is 0 Å². The molecule has 1 aromatic carbocycles. The van der Waals surface area contributed by atoms with Crippen molar-refractivity contribution in [3.05, 3.63) is 58.2 Å². The topological polar surface area (TPSA) is 51.2 Å². The van der Waals surface area contributed by atoms with Crippen LogP contribution in [0.2, 0.25) is 0 Å². The number of aromatic nitrogens is 1. The first-order valence-electron chi connectivity index (χ1n) is 9.34. The summed E-state index contributed by atoms with van der Waals surface area (Å²) in [7, 11) is 0. The Kier molecular flexibility index (Phi) is 5.25. The third-order valence-corrected chi connectivity index (χ3v) is 5.81. The second-order valence-electron chi connectivity index (χ2n) is 7.25. The van der Waals surface area contributed by atoms with Crippen LogP contribution in [0.1, 0.15) is 49.1 Å². The Balaban J connectivity index is 1.25. The van der Waals surface area contributed by atoms with Gasteiger partial charge in [0.25, 0.3) is 0 Å². The van der Waals surface area contributed by atoms with Gasteiger partial charge in [0.1, 0.15) is 6.10 Å². The van der Waals surface area contributed by atoms with Gasteiger partial charge in [0.05, 0.1) is 0 Å². The Morgan fingerprint density at radius 2 is 1.92 bits per heavy atom. The predicted octanol–water partition coefficient (Wildman–Crippen LogP) is 4.59. The van der Waals surface area contributed by atoms with Crippen molar-refractivity contribution in [1.29, 1.82) is 0 Å². The van der Waals surface area contributed by atoms with Gasteiger partial charge in [-0.25, -0.2) is 4.98 Å². The summed E-state index contributed by atoms with van der Waals surface area (Å²) in [5.41, 5.74) is 2.24. The van der Waals surface area contributed by atoms with Crippen molar-refractivity contribution in [2.24, 2.45) is 5.92 Å². The van der Waals surface area contributed by atoms with Gasteiger partial charge >= 0.3 is 0 Å². The molecule has 0 spiro atoms. The molecule has 1 N–H and O–H groups in total. The van der Waals surface area contributed by atoms with Gasteiger partial charge in [-0.2, -0.15) is 0 Å². The average Bonchev–Trinajstić information content (AvgIpc) is 3.30. The zero-order chi connectivity index (χ0) is 17.9. The second kappa shape index (κ2) is 7.78. The first-order valence-corrected chi connectivity index (χ1v) is 10.1. The van der Waals surface area contributed by atoms with E-state index in [1.165, 1.54) is 18.4 Å². The van der Waals surface area contributed by atoms with Gasteiger partial charge in [0, 0.05) is 29.2 Å². The van der Waals surface area contributed by atoms with Crippen molar-refractivity contribution in [3.8, 4) is 5.88 Å². The number of hydrogen-bond donors (Lipinski definition) is 1. The lowest BCUT2D eigenvalue weighted by atomic mass is 10.1. The molecular formula is C21H23BrN2O2. The van der Waals surface area contributed by atoms with Crippen LogP contribution in [-0.2, 0) is 11.3 Å². The van der Waals surface area contributed by atoms with E-state index in [4.69, 9.17) is 4.74 Å². The summed E-state index contributed by atoms with van der Waals surface area (Å²) in [4.78, 5) is 16.7. The Labute approximate surface area is 162 Å². The number of nitrogens with one attached hydrogen (secondary N) is 1. The Bertz CT molecular complexity index is 755. The van der Waals surface area contributed by atoms with Gasteiger partial charge < -0.3 is 10.1 Å². The minimum Gasteiger partial charge on any atom is -0.474 e. The minimum atomic E-state index is 0.0918. The number of carbonyl (C=O) groups is 1. The maximum absolute atomic E-state index is 12.4. The molecule has 1 heterocycles. The SMILES string of the molecule is O=C(NCc1ccc(OC2CCCC2)nc1)C1CC1c1ccc(Br)cc1. The number of rotatable bonds is 6. The fourth-order valence-corrected chi connectivity index (χ4v) is 3.91. The van der Waals surface area contributed by atoms with Crippen LogP contribution >= 0.6 is 15.9 Å². The second-order valence-corrected chi connectivity index (χ2v) is 8.16. The largest absolute Gasteiger partial charge is 0.474 e. The van der Waals surface area contributed by atoms with Crippen LogP contribution in [0.5, 0.6) is 5.88 Å². The van der Waals surface area contributed by atoms with Crippen molar-refractivity contribution >= 4 is 21.8 Å². The lowest BCUT2D eigenvalue weighted by Crippen LogP contribution is -2.25. The Morgan fingerprint density at radius 1 is 1.15 bits per heavy atom. The number of carbonyl (C=O) groups excluding carboxylic acids is 1. The average molecular weight is 415 g/mol. The summed E-state index contributed by atoms with van der Waals surface area (Å²) in [6, 6.07) is 12.1. The summed E-state index contributed by atoms with van der Waals surface area (Å²) in [6.45, 7) is 0.513. The lowest BCUT2D eigenvalue weighted by Gasteiger charge is -2.12. The molecule has 0 bridgehead atoms. The van der Waals surface area contributed by atoms with Gasteiger partial charge in [-0.3, -0.25) is 4.79 Å². The molecule has 2 saturated carbocycles. The third-order valence-electron chi connectivity index (χ3n) is 5.28. The molecule has 2 unspecified atom stereocenters. The molecule has 2 fully saturated rings. The standard InChI is InChI=1S/C21H23BrN2O2/c22-16-8-6-15(7-9-16)18-11-19(18)21(25)24-13-14-5-10-20(23-12-14)26-17-3-1-2-4-17/h5-10,12,17-19H,1-4,11,13H2,(H,24,25). The van der Waals surface area contributed by atoms with Gasteiger partial charge in [-0.1, -0.05) is 34.1 Å². The van der Waals surface area contributed by atoms with Crippen LogP contribution in [0.25, 0.3) is 0 Å². The lowest BCUT2D eigenvalue weighted by molar-refractivity contribution is -0.122. The van der Waals surface area contributed by atoms with Crippen LogP contribution in [0.15, 0.2) is 47.1 Å². The Morgan fingerprint density at radius 3 is 2.62 bits per heavy atom. The predicted molar refractivity (Wildman–Crippen MR) is 104 cm³/mol. The van der Waals surface area contributed by atoms with E-state index >= 15 is 0 Å². The number of nitrogens with zero attached hydrogens (tertiary/aromatic N) is 1. The molecule has 4 nitrogen and oxygen atoms in total. The third kappa shape index (κ3) is 4.26. The summed E-state index contributed by atoms with van der Waals surface area (Å²) < 4.78 is 6.94. The number of benzene rings is 1. The first-order chi connectivity index (χ1) is 12.7. The molecule has 0 radical (unpaired) electrons. The van der Waals surface area contributed by atoms with Crippen molar-refractivity contribution in [3.63, 3.8) is 0 Å². The molecule has 1 aromatic heterocycles. The number of amides is 1. The molecule has 26 heavy (non-hydrogen) atoms. The van der Waals surface area contributed by atoms with E-state index in [0.717, 1.165) is 29.3 Å². The van der Waals surface area contributed by atoms with Gasteiger partial charge in [0.2, 0.25) is 11.8 Å². The number of pyridine rings is 1. The zero-order valence-corrected chi connectivity index (χ0v) is 16.2. The van der Waals surface area contributed by atoms with E-state index in [1.807, 2.05) is 24.3 Å². The minimum absolute atomic E-state index is 0.0918. The molecule has 2 aromatic rings. The van der Waals surface area contributed by atoms with E-state index in [-0.39, 0.29) is 11.8 Å². The van der Waals surface area contributed by atoms with Crippen LogP contribution in [-0.4, -0.2) is 17.0 Å². The molecule has 5 heteroatoms. The summed E-state index contributed by atoms with van der Waals surface area (Å²) in [6.07, 6.45) is 7.79. The van der Waals surface area contributed by atoms with Gasteiger partial charge in [-0.05, 0) is 61.3 Å². The fourth-order valence-electron chi connectivity index (χ4n) is 3.65. The fraction of sp³-hybridized carbons (Fsp3) is 0.429. The van der Waals surface area contributed by atoms with Crippen molar-refractivity contribution in [2.45, 2.75) is 50.7 Å². The molecule has 2 aliphatic carbocycles. The molecule has 0 saturated heterocycles. The maximum Gasteiger partial charge on any atom is 0.224 e. The van der Waals surface area contributed by atoms with Crippen molar-refractivity contribution in [1.82, 2.24) is 10.3 Å². The smallest absolute Gasteiger partial charge is 0.224 e. The van der Waals surface area contributed by atoms with Crippen LogP contribution < -0.4 is 10.1 Å². The number of hydrogen-bond acceptors (Lipinski definition) is 3. The monoisotopic (exact) mass is 414 g/mol. The van der Waals surface area contributed by atoms with E-state index in [0.29, 0.717) is 24.4 Å². The summed E-state index contributed by atoms with van der Waals surface area (Å²) in [5.74, 6) is 1.26. The molecule has 4 rings (SSSR count). The normalized spacial score (nSPS) is 22.2. The molecule has 2 atom stereocenters. The van der Waals surface area contributed by atoms with Gasteiger partial charge in [-0.15, -0.1) is 0 Å². The number of ether oxygens (including phenoxy) is 1. The molecule has 2 aliphatic rings. The van der Waals surface area contributed by atoms with Crippen LogP contribution in [0.3, 0.4) is 0 Å². The quantitative estimate of drug-likeness (QED) is 0.751. The van der Waals surface area contributed by atoms with Crippen molar-refractivity contribution in [2.75, 3.05) is 0 Å². The zero-order valence-electron chi connectivity index (χ0n) is 14.7. The Hall–Kier alpha value is -1.88. The van der Waals surface area contributed by atoms with Crippen LogP contribution in [0, 0.1) is 5.92 Å². The maximum atomic E-state index is 12.4. The molecular weight excluding hydrogens is 392 g/mol. The highest BCUT2D eigenvalue weighted by atomic mass is 79.9. The first kappa shape index (κ1) is 17.5. The van der Waals surface area contributed by atoms with E-state index in [1.54, 1.807) is 6.20 Å². The van der Waals surface area contributed by atoms with Crippen LogP contribution in [0.4, 0.5) is 0 Å².